The third-order valence-corrected chi connectivity index (χ3v) is 4.13. The lowest BCUT2D eigenvalue weighted by atomic mass is 10.1. The van der Waals surface area contributed by atoms with E-state index >= 15 is 0 Å². The van der Waals surface area contributed by atoms with E-state index in [0.29, 0.717) is 6.61 Å². The standard InChI is InChI=1S/C16H20N4O3/c1-11-6-7-12(20(21)22)9-15(11)19-16-13(5-3-4-8-17-16)14(18-19)10-23-2/h6-7,9,17H,3-5,8,10H2,1-2H3. The molecule has 1 aromatic carbocycles. The Kier molecular flexibility index (Phi) is 4.29. The normalized spacial score (nSPS) is 14.0. The van der Waals surface area contributed by atoms with Gasteiger partial charge in [-0.2, -0.15) is 5.10 Å². The van der Waals surface area contributed by atoms with Gasteiger partial charge >= 0.3 is 0 Å². The summed E-state index contributed by atoms with van der Waals surface area (Å²) in [6.45, 7) is 3.24. The van der Waals surface area contributed by atoms with Gasteiger partial charge in [0.05, 0.1) is 22.9 Å². The largest absolute Gasteiger partial charge is 0.378 e. The molecule has 7 nitrogen and oxygen atoms in total. The van der Waals surface area contributed by atoms with E-state index in [9.17, 15) is 10.1 Å². The lowest BCUT2D eigenvalue weighted by Crippen LogP contribution is -2.08. The van der Waals surface area contributed by atoms with Crippen LogP contribution in [0.2, 0.25) is 0 Å². The number of benzene rings is 1. The Bertz CT molecular complexity index is 739. The monoisotopic (exact) mass is 316 g/mol. The molecule has 1 aliphatic heterocycles. The van der Waals surface area contributed by atoms with Gasteiger partial charge in [0.1, 0.15) is 5.82 Å². The summed E-state index contributed by atoms with van der Waals surface area (Å²) in [6.07, 6.45) is 3.13. The molecule has 0 saturated carbocycles. The molecule has 23 heavy (non-hydrogen) atoms. The second-order valence-corrected chi connectivity index (χ2v) is 5.73. The number of aromatic nitrogens is 2. The number of nitro benzene ring substituents is 1. The van der Waals surface area contributed by atoms with Crippen LogP contribution in [0.4, 0.5) is 11.5 Å². The molecule has 3 rings (SSSR count). The molecule has 0 unspecified atom stereocenters. The molecule has 0 radical (unpaired) electrons. The molecule has 0 spiro atoms. The second-order valence-electron chi connectivity index (χ2n) is 5.73. The Morgan fingerprint density at radius 2 is 2.26 bits per heavy atom. The van der Waals surface area contributed by atoms with Crippen LogP contribution in [0, 0.1) is 17.0 Å². The van der Waals surface area contributed by atoms with Crippen molar-refractivity contribution in [2.75, 3.05) is 19.0 Å². The molecule has 0 amide bonds. The number of non-ortho nitro benzene ring substituents is 1. The third-order valence-electron chi connectivity index (χ3n) is 4.13. The minimum Gasteiger partial charge on any atom is -0.378 e. The van der Waals surface area contributed by atoms with E-state index in [1.807, 2.05) is 6.92 Å². The Labute approximate surface area is 134 Å². The summed E-state index contributed by atoms with van der Waals surface area (Å²) in [5.41, 5.74) is 3.78. The minimum atomic E-state index is -0.380. The van der Waals surface area contributed by atoms with Crippen molar-refractivity contribution >= 4 is 11.5 Å². The Morgan fingerprint density at radius 1 is 1.43 bits per heavy atom. The number of nitrogens with zero attached hydrogens (tertiary/aromatic N) is 3. The third kappa shape index (κ3) is 2.92. The van der Waals surface area contributed by atoms with Crippen LogP contribution in [0.15, 0.2) is 18.2 Å². The van der Waals surface area contributed by atoms with E-state index in [4.69, 9.17) is 4.74 Å². The molecular formula is C16H20N4O3. The average molecular weight is 316 g/mol. The molecule has 1 N–H and O–H groups in total. The van der Waals surface area contributed by atoms with E-state index in [2.05, 4.69) is 10.4 Å². The molecule has 1 aromatic heterocycles. The van der Waals surface area contributed by atoms with Crippen LogP contribution in [-0.4, -0.2) is 28.4 Å². The highest BCUT2D eigenvalue weighted by Crippen LogP contribution is 2.31. The summed E-state index contributed by atoms with van der Waals surface area (Å²) in [4.78, 5) is 10.7. The maximum Gasteiger partial charge on any atom is 0.271 e. The van der Waals surface area contributed by atoms with Gasteiger partial charge in [-0.05, 0) is 31.7 Å². The van der Waals surface area contributed by atoms with Crippen LogP contribution in [0.1, 0.15) is 29.7 Å². The average Bonchev–Trinajstić information content (AvgIpc) is 2.72. The van der Waals surface area contributed by atoms with E-state index in [1.54, 1.807) is 23.9 Å². The van der Waals surface area contributed by atoms with Crippen molar-refractivity contribution < 1.29 is 9.66 Å². The quantitative estimate of drug-likeness (QED) is 0.692. The Balaban J connectivity index is 2.16. The fraction of sp³-hybridized carbons (Fsp3) is 0.438. The number of anilines is 1. The summed E-state index contributed by atoms with van der Waals surface area (Å²) in [5, 5.41) is 19.2. The van der Waals surface area contributed by atoms with Gasteiger partial charge in [0.2, 0.25) is 0 Å². The molecule has 122 valence electrons. The first-order valence-electron chi connectivity index (χ1n) is 7.71. The molecular weight excluding hydrogens is 296 g/mol. The summed E-state index contributed by atoms with van der Waals surface area (Å²) in [6, 6.07) is 4.85. The molecule has 1 aliphatic rings. The summed E-state index contributed by atoms with van der Waals surface area (Å²) >= 11 is 0. The van der Waals surface area contributed by atoms with E-state index < -0.39 is 0 Å². The molecule has 0 bridgehead atoms. The fourth-order valence-corrected chi connectivity index (χ4v) is 2.94. The van der Waals surface area contributed by atoms with Gasteiger partial charge in [-0.15, -0.1) is 0 Å². The molecule has 7 heteroatoms. The first-order chi connectivity index (χ1) is 11.1. The lowest BCUT2D eigenvalue weighted by Gasteiger charge is -2.11. The predicted octanol–water partition coefficient (Wildman–Crippen LogP) is 2.98. The zero-order chi connectivity index (χ0) is 16.4. The van der Waals surface area contributed by atoms with E-state index in [-0.39, 0.29) is 10.6 Å². The maximum absolute atomic E-state index is 11.1. The number of aryl methyl sites for hydroxylation is 1. The van der Waals surface area contributed by atoms with Crippen molar-refractivity contribution in [3.8, 4) is 5.69 Å². The maximum atomic E-state index is 11.1. The highest BCUT2D eigenvalue weighted by atomic mass is 16.6. The number of hydrogen-bond acceptors (Lipinski definition) is 5. The first-order valence-corrected chi connectivity index (χ1v) is 7.71. The highest BCUT2D eigenvalue weighted by molar-refractivity contribution is 5.58. The van der Waals surface area contributed by atoms with E-state index in [1.165, 1.54) is 6.07 Å². The number of nitro groups is 1. The van der Waals surface area contributed by atoms with Crippen LogP contribution in [-0.2, 0) is 17.8 Å². The second kappa shape index (κ2) is 6.37. The number of ether oxygens (including phenoxy) is 1. The van der Waals surface area contributed by atoms with E-state index in [0.717, 1.165) is 54.1 Å². The lowest BCUT2D eigenvalue weighted by molar-refractivity contribution is -0.384. The van der Waals surface area contributed by atoms with Gasteiger partial charge < -0.3 is 10.1 Å². The molecule has 0 aliphatic carbocycles. The molecule has 0 fully saturated rings. The van der Waals surface area contributed by atoms with Crippen LogP contribution in [0.3, 0.4) is 0 Å². The molecule has 0 atom stereocenters. The topological polar surface area (TPSA) is 82.2 Å². The number of nitrogens with one attached hydrogen (secondary N) is 1. The first kappa shape index (κ1) is 15.5. The molecule has 2 heterocycles. The van der Waals surface area contributed by atoms with Gasteiger partial charge in [0.15, 0.2) is 0 Å². The van der Waals surface area contributed by atoms with Crippen molar-refractivity contribution in [1.82, 2.24) is 9.78 Å². The number of methoxy groups -OCH3 is 1. The minimum absolute atomic E-state index is 0.0664. The van der Waals surface area contributed by atoms with Gasteiger partial charge in [-0.3, -0.25) is 10.1 Å². The van der Waals surface area contributed by atoms with Crippen LogP contribution in [0.25, 0.3) is 5.69 Å². The van der Waals surface area contributed by atoms with Crippen LogP contribution >= 0.6 is 0 Å². The molecule has 2 aromatic rings. The van der Waals surface area contributed by atoms with Crippen molar-refractivity contribution in [1.29, 1.82) is 0 Å². The number of rotatable bonds is 4. The Morgan fingerprint density at radius 3 is 3.00 bits per heavy atom. The van der Waals surface area contributed by atoms with Crippen LogP contribution in [0.5, 0.6) is 0 Å². The van der Waals surface area contributed by atoms with Gasteiger partial charge in [0.25, 0.3) is 5.69 Å². The van der Waals surface area contributed by atoms with Gasteiger partial charge in [0, 0.05) is 31.4 Å². The smallest absolute Gasteiger partial charge is 0.271 e. The van der Waals surface area contributed by atoms with Crippen molar-refractivity contribution in [3.63, 3.8) is 0 Å². The summed E-state index contributed by atoms with van der Waals surface area (Å²) in [7, 11) is 1.65. The SMILES string of the molecule is COCc1nn(-c2cc([N+](=O)[O-])ccc2C)c2c1CCCCN2. The fourth-order valence-electron chi connectivity index (χ4n) is 2.94. The summed E-state index contributed by atoms with van der Waals surface area (Å²) < 4.78 is 7.05. The van der Waals surface area contributed by atoms with Gasteiger partial charge in [-0.1, -0.05) is 6.07 Å². The Hall–Kier alpha value is -2.41. The van der Waals surface area contributed by atoms with Crippen molar-refractivity contribution in [2.24, 2.45) is 0 Å². The molecule has 0 saturated heterocycles. The number of fused-ring (bicyclic) bond motifs is 1. The number of hydrogen-bond donors (Lipinski definition) is 1. The zero-order valence-electron chi connectivity index (χ0n) is 13.3. The van der Waals surface area contributed by atoms with Crippen molar-refractivity contribution in [3.05, 3.63) is 45.1 Å². The van der Waals surface area contributed by atoms with Crippen LogP contribution < -0.4 is 5.32 Å². The zero-order valence-corrected chi connectivity index (χ0v) is 13.3. The van der Waals surface area contributed by atoms with Gasteiger partial charge in [-0.25, -0.2) is 4.68 Å². The summed E-state index contributed by atoms with van der Waals surface area (Å²) in [5.74, 6) is 0.929. The predicted molar refractivity (Wildman–Crippen MR) is 87.1 cm³/mol. The highest BCUT2D eigenvalue weighted by Gasteiger charge is 2.22. The van der Waals surface area contributed by atoms with Crippen molar-refractivity contribution in [2.45, 2.75) is 32.8 Å².